The summed E-state index contributed by atoms with van der Waals surface area (Å²) in [4.78, 5) is 4.36. The zero-order chi connectivity index (χ0) is 13.7. The fraction of sp³-hybridized carbons (Fsp3) is 0.357. The van der Waals surface area contributed by atoms with Crippen LogP contribution in [0.4, 0.5) is 5.82 Å². The number of alkyl halides is 1. The molecule has 0 saturated heterocycles. The monoisotopic (exact) mass is 280 g/mol. The molecule has 0 fully saturated rings. The molecule has 1 aromatic carbocycles. The molecule has 0 amide bonds. The Morgan fingerprint density at radius 3 is 2.63 bits per heavy atom. The van der Waals surface area contributed by atoms with E-state index in [1.54, 1.807) is 20.4 Å². The molecule has 5 heteroatoms. The summed E-state index contributed by atoms with van der Waals surface area (Å²) in [6, 6.07) is 5.83. The fourth-order valence-electron chi connectivity index (χ4n) is 1.91. The van der Waals surface area contributed by atoms with Gasteiger partial charge in [-0.2, -0.15) is 0 Å². The van der Waals surface area contributed by atoms with Gasteiger partial charge in [0.1, 0.15) is 5.82 Å². The number of benzene rings is 1. The third-order valence-corrected chi connectivity index (χ3v) is 3.14. The number of hydrogen-bond acceptors (Lipinski definition) is 4. The van der Waals surface area contributed by atoms with Crippen molar-refractivity contribution >= 4 is 28.2 Å². The lowest BCUT2D eigenvalue weighted by atomic mass is 10.1. The number of nitrogens with one attached hydrogen (secondary N) is 1. The van der Waals surface area contributed by atoms with Gasteiger partial charge in [0.05, 0.1) is 14.2 Å². The van der Waals surface area contributed by atoms with Crippen LogP contribution >= 0.6 is 11.6 Å². The van der Waals surface area contributed by atoms with Crippen LogP contribution in [0.2, 0.25) is 0 Å². The van der Waals surface area contributed by atoms with Crippen molar-refractivity contribution in [2.75, 3.05) is 32.0 Å². The highest BCUT2D eigenvalue weighted by molar-refractivity contribution is 6.17. The van der Waals surface area contributed by atoms with E-state index >= 15 is 0 Å². The molecule has 0 unspecified atom stereocenters. The lowest BCUT2D eigenvalue weighted by molar-refractivity contribution is 0.356. The maximum Gasteiger partial charge on any atom is 0.161 e. The number of hydrogen-bond donors (Lipinski definition) is 1. The Kier molecular flexibility index (Phi) is 4.68. The second-order valence-corrected chi connectivity index (χ2v) is 4.44. The highest BCUT2D eigenvalue weighted by atomic mass is 35.5. The van der Waals surface area contributed by atoms with Crippen molar-refractivity contribution in [3.8, 4) is 11.5 Å². The molecular weight excluding hydrogens is 264 g/mol. The highest BCUT2D eigenvalue weighted by Crippen LogP contribution is 2.34. The molecule has 0 radical (unpaired) electrons. The van der Waals surface area contributed by atoms with Crippen LogP contribution in [-0.4, -0.2) is 31.6 Å². The Balaban J connectivity index is 2.42. The van der Waals surface area contributed by atoms with Gasteiger partial charge in [0.15, 0.2) is 11.5 Å². The van der Waals surface area contributed by atoms with Gasteiger partial charge in [-0.1, -0.05) is 0 Å². The standard InChI is InChI=1S/C14H17ClN2O2/c1-18-12-8-10-4-7-17-14(16-6-3-5-15)11(10)9-13(12)19-2/h4,7-9H,3,5-6H2,1-2H3,(H,16,17). The largest absolute Gasteiger partial charge is 0.493 e. The number of methoxy groups -OCH3 is 2. The molecule has 0 aliphatic carbocycles. The van der Waals surface area contributed by atoms with Crippen LogP contribution in [0, 0.1) is 0 Å². The Morgan fingerprint density at radius 2 is 1.95 bits per heavy atom. The summed E-state index contributed by atoms with van der Waals surface area (Å²) in [5, 5.41) is 5.35. The van der Waals surface area contributed by atoms with Crippen LogP contribution in [0.1, 0.15) is 6.42 Å². The topological polar surface area (TPSA) is 43.4 Å². The molecule has 102 valence electrons. The molecule has 0 aliphatic heterocycles. The molecule has 2 aromatic rings. The van der Waals surface area contributed by atoms with E-state index in [0.717, 1.165) is 29.6 Å². The molecule has 0 saturated carbocycles. The molecule has 0 atom stereocenters. The number of anilines is 1. The summed E-state index contributed by atoms with van der Waals surface area (Å²) in [7, 11) is 3.26. The van der Waals surface area contributed by atoms with Crippen molar-refractivity contribution in [3.05, 3.63) is 24.4 Å². The second-order valence-electron chi connectivity index (χ2n) is 4.06. The number of fused-ring (bicyclic) bond motifs is 1. The van der Waals surface area contributed by atoms with E-state index in [-0.39, 0.29) is 0 Å². The van der Waals surface area contributed by atoms with Crippen molar-refractivity contribution in [2.24, 2.45) is 0 Å². The van der Waals surface area contributed by atoms with Crippen molar-refractivity contribution in [2.45, 2.75) is 6.42 Å². The molecule has 1 N–H and O–H groups in total. The minimum absolute atomic E-state index is 0.634. The highest BCUT2D eigenvalue weighted by Gasteiger charge is 2.09. The van der Waals surface area contributed by atoms with Gasteiger partial charge in [-0.25, -0.2) is 4.98 Å². The van der Waals surface area contributed by atoms with Gasteiger partial charge in [0, 0.05) is 24.0 Å². The molecule has 1 heterocycles. The van der Waals surface area contributed by atoms with Gasteiger partial charge >= 0.3 is 0 Å². The number of nitrogens with zero attached hydrogens (tertiary/aromatic N) is 1. The lowest BCUT2D eigenvalue weighted by Crippen LogP contribution is -2.04. The van der Waals surface area contributed by atoms with Crippen molar-refractivity contribution in [1.82, 2.24) is 4.98 Å². The number of pyridine rings is 1. The molecular formula is C14H17ClN2O2. The number of ether oxygens (including phenoxy) is 2. The number of aromatic nitrogens is 1. The summed E-state index contributed by atoms with van der Waals surface area (Å²) in [5.74, 6) is 2.88. The summed E-state index contributed by atoms with van der Waals surface area (Å²) < 4.78 is 10.6. The summed E-state index contributed by atoms with van der Waals surface area (Å²) in [6.45, 7) is 0.796. The zero-order valence-corrected chi connectivity index (χ0v) is 11.8. The number of rotatable bonds is 6. The summed E-state index contributed by atoms with van der Waals surface area (Å²) in [6.07, 6.45) is 2.67. The summed E-state index contributed by atoms with van der Waals surface area (Å²) in [5.41, 5.74) is 0. The molecule has 1 aromatic heterocycles. The SMILES string of the molecule is COc1cc2ccnc(NCCCCl)c2cc1OC. The van der Waals surface area contributed by atoms with Crippen molar-refractivity contribution in [3.63, 3.8) is 0 Å². The van der Waals surface area contributed by atoms with Gasteiger partial charge in [0.2, 0.25) is 0 Å². The van der Waals surface area contributed by atoms with E-state index in [9.17, 15) is 0 Å². The van der Waals surface area contributed by atoms with E-state index in [4.69, 9.17) is 21.1 Å². The average Bonchev–Trinajstić information content (AvgIpc) is 2.46. The zero-order valence-electron chi connectivity index (χ0n) is 11.1. The smallest absolute Gasteiger partial charge is 0.161 e. The van der Waals surface area contributed by atoms with E-state index < -0.39 is 0 Å². The van der Waals surface area contributed by atoms with Crippen LogP contribution < -0.4 is 14.8 Å². The maximum absolute atomic E-state index is 5.68. The van der Waals surface area contributed by atoms with E-state index in [2.05, 4.69) is 10.3 Å². The predicted octanol–water partition coefficient (Wildman–Crippen LogP) is 3.29. The molecule has 0 spiro atoms. The first-order valence-corrected chi connectivity index (χ1v) is 6.64. The first kappa shape index (κ1) is 13.7. The fourth-order valence-corrected chi connectivity index (χ4v) is 2.05. The minimum atomic E-state index is 0.634. The normalized spacial score (nSPS) is 10.5. The van der Waals surface area contributed by atoms with Gasteiger partial charge in [-0.3, -0.25) is 0 Å². The van der Waals surface area contributed by atoms with Crippen LogP contribution in [0.5, 0.6) is 11.5 Å². The Labute approximate surface area is 117 Å². The first-order chi connectivity index (χ1) is 9.30. The van der Waals surface area contributed by atoms with Gasteiger partial charge in [-0.15, -0.1) is 11.6 Å². The molecule has 19 heavy (non-hydrogen) atoms. The summed E-state index contributed by atoms with van der Waals surface area (Å²) >= 11 is 5.68. The Bertz CT molecular complexity index is 560. The molecule has 0 bridgehead atoms. The van der Waals surface area contributed by atoms with Gasteiger partial charge in [0.25, 0.3) is 0 Å². The maximum atomic E-state index is 5.68. The Hall–Kier alpha value is -1.68. The second kappa shape index (κ2) is 6.48. The molecule has 4 nitrogen and oxygen atoms in total. The van der Waals surface area contributed by atoms with Crippen LogP contribution in [0.25, 0.3) is 10.8 Å². The van der Waals surface area contributed by atoms with Crippen LogP contribution in [0.3, 0.4) is 0 Å². The van der Waals surface area contributed by atoms with Crippen molar-refractivity contribution < 1.29 is 9.47 Å². The third-order valence-electron chi connectivity index (χ3n) is 2.87. The first-order valence-electron chi connectivity index (χ1n) is 6.10. The van der Waals surface area contributed by atoms with E-state index in [1.165, 1.54) is 0 Å². The minimum Gasteiger partial charge on any atom is -0.493 e. The number of halogens is 1. The quantitative estimate of drug-likeness (QED) is 0.651. The predicted molar refractivity (Wildman–Crippen MR) is 78.7 cm³/mol. The van der Waals surface area contributed by atoms with E-state index in [0.29, 0.717) is 17.4 Å². The average molecular weight is 281 g/mol. The van der Waals surface area contributed by atoms with Gasteiger partial charge < -0.3 is 14.8 Å². The van der Waals surface area contributed by atoms with Gasteiger partial charge in [-0.05, 0) is 30.0 Å². The van der Waals surface area contributed by atoms with Crippen molar-refractivity contribution in [1.29, 1.82) is 0 Å². The molecule has 0 aliphatic rings. The van der Waals surface area contributed by atoms with Crippen LogP contribution in [-0.2, 0) is 0 Å². The van der Waals surface area contributed by atoms with E-state index in [1.807, 2.05) is 18.2 Å². The molecule has 2 rings (SSSR count). The van der Waals surface area contributed by atoms with Crippen LogP contribution in [0.15, 0.2) is 24.4 Å². The third kappa shape index (κ3) is 3.01. The lowest BCUT2D eigenvalue weighted by Gasteiger charge is -2.12. The Morgan fingerprint density at radius 1 is 1.21 bits per heavy atom.